The number of methoxy groups -OCH3 is 1. The first-order valence-electron chi connectivity index (χ1n) is 10.2. The summed E-state index contributed by atoms with van der Waals surface area (Å²) in [6, 6.07) is 17.5. The van der Waals surface area contributed by atoms with Crippen molar-refractivity contribution in [2.75, 3.05) is 12.0 Å². The molecule has 168 valence electrons. The first-order chi connectivity index (χ1) is 15.9. The highest BCUT2D eigenvalue weighted by molar-refractivity contribution is 6.30. The topological polar surface area (TPSA) is 66.9 Å². The van der Waals surface area contributed by atoms with E-state index in [2.05, 4.69) is 0 Å². The number of rotatable bonds is 6. The number of nitrogens with zero attached hydrogens (tertiary/aromatic N) is 2. The van der Waals surface area contributed by atoms with Gasteiger partial charge in [0.05, 0.1) is 19.2 Å². The number of halogens is 2. The van der Waals surface area contributed by atoms with Gasteiger partial charge in [-0.05, 0) is 66.2 Å². The lowest BCUT2D eigenvalue weighted by Crippen LogP contribution is -2.45. The van der Waals surface area contributed by atoms with Crippen LogP contribution >= 0.6 is 11.6 Å². The zero-order valence-corrected chi connectivity index (χ0v) is 18.5. The lowest BCUT2D eigenvalue weighted by molar-refractivity contribution is -0.122. The highest BCUT2D eigenvalue weighted by Crippen LogP contribution is 2.28. The van der Waals surface area contributed by atoms with E-state index in [0.717, 1.165) is 10.5 Å². The normalized spacial score (nSPS) is 15.6. The van der Waals surface area contributed by atoms with Gasteiger partial charge in [-0.25, -0.2) is 9.29 Å². The van der Waals surface area contributed by atoms with Crippen molar-refractivity contribution in [3.05, 3.63) is 94.8 Å². The van der Waals surface area contributed by atoms with Gasteiger partial charge in [-0.2, -0.15) is 0 Å². The van der Waals surface area contributed by atoms with Crippen molar-refractivity contribution >= 4 is 35.0 Å². The number of carbonyl (C=O) groups is 3. The zero-order valence-electron chi connectivity index (χ0n) is 17.7. The first-order valence-corrected chi connectivity index (χ1v) is 10.6. The summed E-state index contributed by atoms with van der Waals surface area (Å²) in [6.45, 7) is 0.104. The second-order valence-electron chi connectivity index (χ2n) is 7.55. The molecule has 1 heterocycles. The van der Waals surface area contributed by atoms with Gasteiger partial charge in [0.15, 0.2) is 0 Å². The number of imide groups is 1. The van der Waals surface area contributed by atoms with E-state index < -0.39 is 29.6 Å². The van der Waals surface area contributed by atoms with Crippen LogP contribution in [-0.4, -0.2) is 35.8 Å². The Balaban J connectivity index is 1.67. The molecule has 6 nitrogen and oxygen atoms in total. The maximum absolute atomic E-state index is 13.4. The lowest BCUT2D eigenvalue weighted by atomic mass is 10.1. The van der Waals surface area contributed by atoms with E-state index in [1.807, 2.05) is 0 Å². The van der Waals surface area contributed by atoms with Gasteiger partial charge < -0.3 is 9.64 Å². The second-order valence-corrected chi connectivity index (χ2v) is 7.99. The largest absolute Gasteiger partial charge is 0.497 e. The molecule has 3 aromatic rings. The molecule has 3 aromatic carbocycles. The van der Waals surface area contributed by atoms with E-state index in [-0.39, 0.29) is 18.7 Å². The van der Waals surface area contributed by atoms with Gasteiger partial charge in [-0.3, -0.25) is 14.4 Å². The summed E-state index contributed by atoms with van der Waals surface area (Å²) in [7, 11) is 1.55. The number of hydrogen-bond donors (Lipinski definition) is 0. The molecule has 0 N–H and O–H groups in total. The van der Waals surface area contributed by atoms with Crippen LogP contribution in [-0.2, 0) is 16.1 Å². The number of anilines is 1. The van der Waals surface area contributed by atoms with E-state index in [1.165, 1.54) is 29.2 Å². The Morgan fingerprint density at radius 3 is 2.27 bits per heavy atom. The number of amides is 3. The smallest absolute Gasteiger partial charge is 0.257 e. The maximum atomic E-state index is 13.4. The number of carbonyl (C=O) groups excluding carboxylic acids is 3. The van der Waals surface area contributed by atoms with Crippen molar-refractivity contribution in [2.45, 2.75) is 19.0 Å². The molecule has 33 heavy (non-hydrogen) atoms. The first kappa shape index (κ1) is 22.5. The fourth-order valence-electron chi connectivity index (χ4n) is 3.73. The van der Waals surface area contributed by atoms with Crippen molar-refractivity contribution < 1.29 is 23.5 Å². The molecule has 0 aromatic heterocycles. The van der Waals surface area contributed by atoms with Crippen LogP contribution in [0.4, 0.5) is 10.1 Å². The Hall–Kier alpha value is -3.71. The van der Waals surface area contributed by atoms with E-state index >= 15 is 0 Å². The molecular formula is C25H20ClFN2O4. The van der Waals surface area contributed by atoms with Crippen LogP contribution in [0.1, 0.15) is 22.3 Å². The van der Waals surface area contributed by atoms with Gasteiger partial charge >= 0.3 is 0 Å². The molecule has 0 spiro atoms. The maximum Gasteiger partial charge on any atom is 0.257 e. The molecule has 1 aliphatic heterocycles. The third-order valence-electron chi connectivity index (χ3n) is 5.45. The van der Waals surface area contributed by atoms with Gasteiger partial charge in [0.1, 0.15) is 17.6 Å². The molecule has 1 fully saturated rings. The summed E-state index contributed by atoms with van der Waals surface area (Å²) < 4.78 is 18.5. The Labute approximate surface area is 195 Å². The number of ether oxygens (including phenoxy) is 1. The standard InChI is InChI=1S/C25H20ClFN2O4/c1-33-21-12-2-16(3-13-21)15-28(24(31)17-4-6-18(26)7-5-17)22-14-23(30)29(25(22)32)20-10-8-19(27)9-11-20/h2-13,22H,14-15H2,1H3/t22-/m1/s1. The number of benzene rings is 3. The van der Waals surface area contributed by atoms with Crippen molar-refractivity contribution in [3.63, 3.8) is 0 Å². The Kier molecular flexibility index (Phi) is 6.42. The molecule has 1 saturated heterocycles. The minimum atomic E-state index is -1.01. The molecule has 0 aliphatic carbocycles. The molecule has 0 bridgehead atoms. The summed E-state index contributed by atoms with van der Waals surface area (Å²) in [5.74, 6) is -1.23. The van der Waals surface area contributed by atoms with Gasteiger partial charge in [0.2, 0.25) is 5.91 Å². The van der Waals surface area contributed by atoms with E-state index in [4.69, 9.17) is 16.3 Å². The Morgan fingerprint density at radius 1 is 1.03 bits per heavy atom. The summed E-state index contributed by atoms with van der Waals surface area (Å²) in [4.78, 5) is 41.9. The molecule has 0 saturated carbocycles. The van der Waals surface area contributed by atoms with Crippen LogP contribution in [0.25, 0.3) is 0 Å². The predicted molar refractivity (Wildman–Crippen MR) is 122 cm³/mol. The zero-order chi connectivity index (χ0) is 23.5. The monoisotopic (exact) mass is 466 g/mol. The molecular weight excluding hydrogens is 447 g/mol. The van der Waals surface area contributed by atoms with E-state index in [1.54, 1.807) is 55.6 Å². The van der Waals surface area contributed by atoms with Crippen LogP contribution in [0, 0.1) is 5.82 Å². The molecule has 8 heteroatoms. The molecule has 3 amide bonds. The third-order valence-corrected chi connectivity index (χ3v) is 5.70. The summed E-state index contributed by atoms with van der Waals surface area (Å²) in [5.41, 5.74) is 1.37. The van der Waals surface area contributed by atoms with Gasteiger partial charge in [0, 0.05) is 17.1 Å². The second kappa shape index (κ2) is 9.42. The van der Waals surface area contributed by atoms with Crippen LogP contribution in [0.3, 0.4) is 0 Å². The average molecular weight is 467 g/mol. The lowest BCUT2D eigenvalue weighted by Gasteiger charge is -2.28. The number of hydrogen-bond acceptors (Lipinski definition) is 4. The summed E-state index contributed by atoms with van der Waals surface area (Å²) >= 11 is 5.95. The van der Waals surface area contributed by atoms with Crippen molar-refractivity contribution in [1.29, 1.82) is 0 Å². The van der Waals surface area contributed by atoms with Crippen LogP contribution in [0.5, 0.6) is 5.75 Å². The van der Waals surface area contributed by atoms with Gasteiger partial charge in [-0.15, -0.1) is 0 Å². The van der Waals surface area contributed by atoms with Crippen LogP contribution in [0.2, 0.25) is 5.02 Å². The fourth-order valence-corrected chi connectivity index (χ4v) is 3.86. The molecule has 1 aliphatic rings. The minimum absolute atomic E-state index is 0.104. The Bertz CT molecular complexity index is 1180. The van der Waals surface area contributed by atoms with Crippen LogP contribution in [0.15, 0.2) is 72.8 Å². The molecule has 0 radical (unpaired) electrons. The van der Waals surface area contributed by atoms with Crippen LogP contribution < -0.4 is 9.64 Å². The highest BCUT2D eigenvalue weighted by Gasteiger charge is 2.44. The molecule has 0 unspecified atom stereocenters. The Morgan fingerprint density at radius 2 is 1.67 bits per heavy atom. The van der Waals surface area contributed by atoms with Crippen molar-refractivity contribution in [2.24, 2.45) is 0 Å². The quantitative estimate of drug-likeness (QED) is 0.503. The third kappa shape index (κ3) is 4.73. The van der Waals surface area contributed by atoms with E-state index in [0.29, 0.717) is 16.3 Å². The average Bonchev–Trinajstić information content (AvgIpc) is 3.12. The van der Waals surface area contributed by atoms with Crippen molar-refractivity contribution in [3.8, 4) is 5.75 Å². The van der Waals surface area contributed by atoms with Gasteiger partial charge in [0.25, 0.3) is 11.8 Å². The summed E-state index contributed by atoms with van der Waals surface area (Å²) in [5, 5.41) is 0.475. The summed E-state index contributed by atoms with van der Waals surface area (Å²) in [6.07, 6.45) is -0.175. The van der Waals surface area contributed by atoms with Gasteiger partial charge in [-0.1, -0.05) is 23.7 Å². The fraction of sp³-hybridized carbons (Fsp3) is 0.160. The molecule has 4 rings (SSSR count). The highest BCUT2D eigenvalue weighted by atomic mass is 35.5. The minimum Gasteiger partial charge on any atom is -0.497 e. The molecule has 1 atom stereocenters. The van der Waals surface area contributed by atoms with E-state index in [9.17, 15) is 18.8 Å². The van der Waals surface area contributed by atoms with Crippen molar-refractivity contribution in [1.82, 2.24) is 4.90 Å². The SMILES string of the molecule is COc1ccc(CN(C(=O)c2ccc(Cl)cc2)[C@@H]2CC(=O)N(c3ccc(F)cc3)C2=O)cc1. The predicted octanol–water partition coefficient (Wildman–Crippen LogP) is 4.46.